The zero-order valence-corrected chi connectivity index (χ0v) is 18.4. The van der Waals surface area contributed by atoms with Gasteiger partial charge in [-0.1, -0.05) is 60.2 Å². The number of nitriles is 1. The summed E-state index contributed by atoms with van der Waals surface area (Å²) < 4.78 is 45.1. The van der Waals surface area contributed by atoms with E-state index in [4.69, 9.17) is 0 Å². The van der Waals surface area contributed by atoms with Gasteiger partial charge in [0.1, 0.15) is 17.5 Å². The van der Waals surface area contributed by atoms with Crippen molar-refractivity contribution >= 4 is 23.0 Å². The van der Waals surface area contributed by atoms with Crippen LogP contribution in [0.15, 0.2) is 95.2 Å². The van der Waals surface area contributed by atoms with Gasteiger partial charge in [-0.25, -0.2) is 4.99 Å². The quantitative estimate of drug-likeness (QED) is 0.517. The number of nitrogens with zero attached hydrogens (tertiary/aromatic N) is 4. The zero-order valence-electron chi connectivity index (χ0n) is 18.4. The summed E-state index contributed by atoms with van der Waals surface area (Å²) >= 11 is 0. The number of aryl methyl sites for hydroxylation is 1. The summed E-state index contributed by atoms with van der Waals surface area (Å²) in [4.78, 5) is 7.50. The SMILES string of the molecule is Cc1ccc(NC2=N[C@@](c3ccccc3)(C(F)(F)F)C(C#N)=C3N(C)c4ccccc4N23)cc1. The second-order valence-corrected chi connectivity index (χ2v) is 8.19. The fraction of sp³-hybridized carbons (Fsp3) is 0.154. The van der Waals surface area contributed by atoms with Crippen LogP contribution in [0, 0.1) is 18.3 Å². The number of halogens is 3. The van der Waals surface area contributed by atoms with E-state index in [-0.39, 0.29) is 17.3 Å². The molecular formula is C26H20F3N5. The summed E-state index contributed by atoms with van der Waals surface area (Å²) in [6.45, 7) is 1.93. The van der Waals surface area contributed by atoms with Crippen LogP contribution in [0.5, 0.6) is 0 Å². The predicted octanol–water partition coefficient (Wildman–Crippen LogP) is 5.93. The topological polar surface area (TPSA) is 54.7 Å². The molecule has 8 heteroatoms. The van der Waals surface area contributed by atoms with Crippen molar-refractivity contribution < 1.29 is 13.2 Å². The number of hydrogen-bond donors (Lipinski definition) is 1. The summed E-state index contributed by atoms with van der Waals surface area (Å²) in [7, 11) is 1.66. The first kappa shape index (κ1) is 21.6. The average molecular weight is 459 g/mol. The number of para-hydroxylation sites is 2. The van der Waals surface area contributed by atoms with Crippen LogP contribution in [-0.2, 0) is 5.54 Å². The van der Waals surface area contributed by atoms with Crippen LogP contribution >= 0.6 is 0 Å². The van der Waals surface area contributed by atoms with E-state index in [1.165, 1.54) is 24.3 Å². The van der Waals surface area contributed by atoms with E-state index in [0.717, 1.165) is 5.56 Å². The number of hydrogen-bond acceptors (Lipinski definition) is 5. The molecule has 0 radical (unpaired) electrons. The maximum atomic E-state index is 15.0. The molecule has 5 rings (SSSR count). The van der Waals surface area contributed by atoms with Crippen LogP contribution in [0.2, 0.25) is 0 Å². The van der Waals surface area contributed by atoms with Crippen molar-refractivity contribution in [2.75, 3.05) is 22.2 Å². The van der Waals surface area contributed by atoms with Crippen molar-refractivity contribution in [3.8, 4) is 6.07 Å². The van der Waals surface area contributed by atoms with E-state index in [1.807, 2.05) is 25.1 Å². The molecule has 1 N–H and O–H groups in total. The molecule has 2 heterocycles. The van der Waals surface area contributed by atoms with Gasteiger partial charge in [0.15, 0.2) is 0 Å². The van der Waals surface area contributed by atoms with Gasteiger partial charge in [-0.3, -0.25) is 4.90 Å². The van der Waals surface area contributed by atoms with Gasteiger partial charge >= 0.3 is 6.18 Å². The zero-order chi connectivity index (χ0) is 24.1. The molecule has 0 saturated carbocycles. The predicted molar refractivity (Wildman–Crippen MR) is 126 cm³/mol. The number of guanidine groups is 1. The highest BCUT2D eigenvalue weighted by Crippen LogP contribution is 2.54. The Morgan fingerprint density at radius 1 is 0.912 bits per heavy atom. The highest BCUT2D eigenvalue weighted by molar-refractivity contribution is 6.13. The Morgan fingerprint density at radius 3 is 2.15 bits per heavy atom. The number of nitrogens with one attached hydrogen (secondary N) is 1. The van der Waals surface area contributed by atoms with Crippen molar-refractivity contribution in [1.29, 1.82) is 5.26 Å². The summed E-state index contributed by atoms with van der Waals surface area (Å²) in [6.07, 6.45) is -4.88. The molecule has 3 aromatic carbocycles. The molecule has 2 aliphatic heterocycles. The highest BCUT2D eigenvalue weighted by atomic mass is 19.4. The van der Waals surface area contributed by atoms with Crippen LogP contribution in [0.25, 0.3) is 0 Å². The fourth-order valence-corrected chi connectivity index (χ4v) is 4.47. The Balaban J connectivity index is 1.83. The van der Waals surface area contributed by atoms with E-state index in [9.17, 15) is 5.26 Å². The fourth-order valence-electron chi connectivity index (χ4n) is 4.47. The largest absolute Gasteiger partial charge is 0.423 e. The van der Waals surface area contributed by atoms with Gasteiger partial charge in [-0.15, -0.1) is 0 Å². The molecule has 0 aliphatic carbocycles. The lowest BCUT2D eigenvalue weighted by Gasteiger charge is -2.40. The molecular weight excluding hydrogens is 439 g/mol. The normalized spacial score (nSPS) is 19.4. The third-order valence-electron chi connectivity index (χ3n) is 6.11. The van der Waals surface area contributed by atoms with Crippen molar-refractivity contribution in [2.24, 2.45) is 4.99 Å². The van der Waals surface area contributed by atoms with Gasteiger partial charge in [0.25, 0.3) is 0 Å². The van der Waals surface area contributed by atoms with Crippen molar-refractivity contribution in [2.45, 2.75) is 18.6 Å². The van der Waals surface area contributed by atoms with Crippen LogP contribution in [0.4, 0.5) is 30.2 Å². The molecule has 0 unspecified atom stereocenters. The van der Waals surface area contributed by atoms with Gasteiger partial charge in [0.05, 0.1) is 11.4 Å². The highest BCUT2D eigenvalue weighted by Gasteiger charge is 2.64. The lowest BCUT2D eigenvalue weighted by atomic mass is 9.81. The first-order valence-corrected chi connectivity index (χ1v) is 10.6. The monoisotopic (exact) mass is 459 g/mol. The van der Waals surface area contributed by atoms with Crippen molar-refractivity contribution in [3.63, 3.8) is 0 Å². The number of alkyl halides is 3. The van der Waals surface area contributed by atoms with Crippen LogP contribution in [0.1, 0.15) is 11.1 Å². The minimum absolute atomic E-state index is 0.0177. The Hall–Kier alpha value is -4.25. The van der Waals surface area contributed by atoms with Gasteiger partial charge in [-0.2, -0.15) is 18.4 Å². The summed E-state index contributed by atoms with van der Waals surface area (Å²) in [6, 6.07) is 23.7. The maximum absolute atomic E-state index is 15.0. The Bertz CT molecular complexity index is 1350. The Kier molecular flexibility index (Phi) is 4.87. The molecule has 0 aromatic heterocycles. The third-order valence-corrected chi connectivity index (χ3v) is 6.11. The minimum atomic E-state index is -4.88. The summed E-state index contributed by atoms with van der Waals surface area (Å²) in [5.74, 6) is 0.102. The Labute approximate surface area is 195 Å². The van der Waals surface area contributed by atoms with Gasteiger partial charge < -0.3 is 10.2 Å². The standard InChI is InChI=1S/C26H20F3N5/c1-17-12-14-19(15-13-17)31-24-32-25(26(27,28)29,18-8-4-3-5-9-18)20(16-30)23-33(2)21-10-6-7-11-22(21)34(23)24/h3-15H,1-2H3,(H,31,32)/t25-/m1/s1. The molecule has 0 spiro atoms. The number of aliphatic imine (C=N–C) groups is 1. The van der Waals surface area contributed by atoms with Crippen LogP contribution in [-0.4, -0.2) is 19.2 Å². The van der Waals surface area contributed by atoms with Crippen LogP contribution in [0.3, 0.4) is 0 Å². The van der Waals surface area contributed by atoms with Gasteiger partial charge in [-0.05, 0) is 36.8 Å². The molecule has 0 fully saturated rings. The van der Waals surface area contributed by atoms with Crippen LogP contribution < -0.4 is 15.1 Å². The molecule has 0 amide bonds. The van der Waals surface area contributed by atoms with Gasteiger partial charge in [0.2, 0.25) is 11.5 Å². The number of anilines is 3. The van der Waals surface area contributed by atoms with E-state index < -0.39 is 17.3 Å². The second kappa shape index (κ2) is 7.66. The number of rotatable bonds is 2. The first-order chi connectivity index (χ1) is 16.3. The van der Waals surface area contributed by atoms with E-state index in [0.29, 0.717) is 17.1 Å². The van der Waals surface area contributed by atoms with E-state index in [2.05, 4.69) is 10.3 Å². The molecule has 170 valence electrons. The van der Waals surface area contributed by atoms with E-state index >= 15 is 13.2 Å². The summed E-state index contributed by atoms with van der Waals surface area (Å²) in [5.41, 5.74) is -0.579. The number of benzene rings is 3. The average Bonchev–Trinajstić information content (AvgIpc) is 3.13. The maximum Gasteiger partial charge on any atom is 0.423 e. The minimum Gasteiger partial charge on any atom is -0.328 e. The third kappa shape index (κ3) is 3.05. The van der Waals surface area contributed by atoms with Crippen molar-refractivity contribution in [1.82, 2.24) is 0 Å². The lowest BCUT2D eigenvalue weighted by Crippen LogP contribution is -2.52. The molecule has 0 bridgehead atoms. The molecule has 0 saturated heterocycles. The second-order valence-electron chi connectivity index (χ2n) is 8.19. The van der Waals surface area contributed by atoms with Crippen molar-refractivity contribution in [3.05, 3.63) is 101 Å². The van der Waals surface area contributed by atoms with E-state index in [1.54, 1.807) is 59.3 Å². The molecule has 3 aromatic rings. The summed E-state index contributed by atoms with van der Waals surface area (Å²) in [5, 5.41) is 13.2. The first-order valence-electron chi connectivity index (χ1n) is 10.6. The molecule has 1 atom stereocenters. The molecule has 5 nitrogen and oxygen atoms in total. The number of fused-ring (bicyclic) bond motifs is 3. The Morgan fingerprint density at radius 2 is 1.53 bits per heavy atom. The lowest BCUT2D eigenvalue weighted by molar-refractivity contribution is -0.176. The van der Waals surface area contributed by atoms with Gasteiger partial charge in [0, 0.05) is 12.7 Å². The smallest absolute Gasteiger partial charge is 0.328 e. The molecule has 2 aliphatic rings. The molecule has 34 heavy (non-hydrogen) atoms.